The molecular weight excluding hydrogens is 278 g/mol. The Morgan fingerprint density at radius 3 is 2.47 bits per heavy atom. The molecule has 1 saturated carbocycles. The van der Waals surface area contributed by atoms with Crippen LogP contribution in [0.4, 0.5) is 0 Å². The van der Waals surface area contributed by atoms with Crippen molar-refractivity contribution in [1.29, 1.82) is 0 Å². The second-order valence-corrected chi connectivity index (χ2v) is 6.95. The van der Waals surface area contributed by atoms with Gasteiger partial charge in [0.1, 0.15) is 0 Å². The van der Waals surface area contributed by atoms with Gasteiger partial charge in [0, 0.05) is 23.0 Å². The molecule has 0 heterocycles. The molecule has 0 aromatic heterocycles. The van der Waals surface area contributed by atoms with Gasteiger partial charge in [0.25, 0.3) is 0 Å². The summed E-state index contributed by atoms with van der Waals surface area (Å²) in [6.45, 7) is 1.98. The number of hydrogen-bond donors (Lipinski definition) is 0. The summed E-state index contributed by atoms with van der Waals surface area (Å²) in [5.41, 5.74) is 0. The molecule has 0 radical (unpaired) electrons. The van der Waals surface area contributed by atoms with Gasteiger partial charge in [-0.15, -0.1) is 11.8 Å². The summed E-state index contributed by atoms with van der Waals surface area (Å²) in [4.78, 5) is 15.4. The number of rotatable bonds is 4. The minimum absolute atomic E-state index is 0.0493. The lowest BCUT2D eigenvalue weighted by Gasteiger charge is -2.27. The Labute approximate surface area is 124 Å². The average molecular weight is 298 g/mol. The number of halogens is 1. The molecule has 0 N–H and O–H groups in total. The lowest BCUT2D eigenvalue weighted by atomic mass is 10.2. The first-order valence-electron chi connectivity index (χ1n) is 6.77. The summed E-state index contributed by atoms with van der Waals surface area (Å²) in [5, 5.41) is 0.679. The first-order valence-corrected chi connectivity index (χ1v) is 8.02. The zero-order chi connectivity index (χ0) is 13.8. The van der Waals surface area contributed by atoms with E-state index in [1.165, 1.54) is 12.8 Å². The van der Waals surface area contributed by atoms with Crippen LogP contribution >= 0.6 is 23.4 Å². The maximum atomic E-state index is 12.4. The molecule has 104 valence electrons. The summed E-state index contributed by atoms with van der Waals surface area (Å²) in [5.74, 6) is 0.229. The third-order valence-electron chi connectivity index (χ3n) is 3.69. The quantitative estimate of drug-likeness (QED) is 0.776. The van der Waals surface area contributed by atoms with Crippen molar-refractivity contribution < 1.29 is 4.79 Å². The Morgan fingerprint density at radius 2 is 1.89 bits per heavy atom. The minimum Gasteiger partial charge on any atom is -0.342 e. The van der Waals surface area contributed by atoms with E-state index in [4.69, 9.17) is 11.6 Å². The second-order valence-electron chi connectivity index (χ2n) is 5.10. The van der Waals surface area contributed by atoms with Crippen molar-refractivity contribution in [2.75, 3.05) is 7.05 Å². The molecule has 0 saturated heterocycles. The predicted octanol–water partition coefficient (Wildman–Crippen LogP) is 4.22. The van der Waals surface area contributed by atoms with Crippen LogP contribution in [0.25, 0.3) is 0 Å². The highest BCUT2D eigenvalue weighted by molar-refractivity contribution is 8.00. The summed E-state index contributed by atoms with van der Waals surface area (Å²) in [7, 11) is 1.94. The molecule has 1 aliphatic carbocycles. The summed E-state index contributed by atoms with van der Waals surface area (Å²) >= 11 is 7.46. The predicted molar refractivity (Wildman–Crippen MR) is 81.8 cm³/mol. The Balaban J connectivity index is 1.93. The first kappa shape index (κ1) is 14.7. The van der Waals surface area contributed by atoms with Gasteiger partial charge in [0.15, 0.2) is 0 Å². The molecule has 4 heteroatoms. The fourth-order valence-electron chi connectivity index (χ4n) is 2.53. The van der Waals surface area contributed by atoms with E-state index in [0.717, 1.165) is 22.8 Å². The summed E-state index contributed by atoms with van der Waals surface area (Å²) in [6.07, 6.45) is 4.81. The van der Waals surface area contributed by atoms with E-state index < -0.39 is 0 Å². The van der Waals surface area contributed by atoms with Crippen LogP contribution in [0.15, 0.2) is 29.2 Å². The fourth-order valence-corrected chi connectivity index (χ4v) is 3.62. The van der Waals surface area contributed by atoms with Crippen molar-refractivity contribution in [1.82, 2.24) is 4.90 Å². The summed E-state index contributed by atoms with van der Waals surface area (Å²) in [6, 6.07) is 8.10. The maximum Gasteiger partial charge on any atom is 0.235 e. The van der Waals surface area contributed by atoms with E-state index in [-0.39, 0.29) is 11.2 Å². The third-order valence-corrected chi connectivity index (χ3v) is 5.05. The monoisotopic (exact) mass is 297 g/mol. The maximum absolute atomic E-state index is 12.4. The largest absolute Gasteiger partial charge is 0.342 e. The Bertz CT molecular complexity index is 428. The zero-order valence-corrected chi connectivity index (χ0v) is 13.0. The number of hydrogen-bond acceptors (Lipinski definition) is 2. The van der Waals surface area contributed by atoms with Crippen molar-refractivity contribution in [2.45, 2.75) is 48.8 Å². The van der Waals surface area contributed by atoms with Gasteiger partial charge in [-0.3, -0.25) is 4.79 Å². The van der Waals surface area contributed by atoms with Crippen LogP contribution in [0.3, 0.4) is 0 Å². The highest BCUT2D eigenvalue weighted by Gasteiger charge is 2.26. The van der Waals surface area contributed by atoms with Gasteiger partial charge < -0.3 is 4.90 Å². The van der Waals surface area contributed by atoms with Crippen LogP contribution in [0.5, 0.6) is 0 Å². The Kier molecular flexibility index (Phi) is 5.17. The molecule has 0 aliphatic heterocycles. The molecule has 0 bridgehead atoms. The van der Waals surface area contributed by atoms with Gasteiger partial charge in [-0.1, -0.05) is 24.4 Å². The van der Waals surface area contributed by atoms with Crippen LogP contribution < -0.4 is 0 Å². The topological polar surface area (TPSA) is 20.3 Å². The first-order chi connectivity index (χ1) is 9.08. The standard InChI is InChI=1S/C15H20ClNOS/c1-11(19-14-9-7-12(16)8-10-14)15(18)17(2)13-5-3-4-6-13/h7-11,13H,3-6H2,1-2H3. The lowest BCUT2D eigenvalue weighted by Crippen LogP contribution is -2.39. The average Bonchev–Trinajstić information content (AvgIpc) is 2.93. The van der Waals surface area contributed by atoms with E-state index in [1.807, 2.05) is 43.1 Å². The van der Waals surface area contributed by atoms with Crippen molar-refractivity contribution in [2.24, 2.45) is 0 Å². The Hall–Kier alpha value is -0.670. The molecule has 19 heavy (non-hydrogen) atoms. The van der Waals surface area contributed by atoms with Crippen LogP contribution in [0.1, 0.15) is 32.6 Å². The van der Waals surface area contributed by atoms with E-state index in [1.54, 1.807) is 11.8 Å². The SMILES string of the molecule is CC(Sc1ccc(Cl)cc1)C(=O)N(C)C1CCCC1. The normalized spacial score (nSPS) is 17.4. The number of thioether (sulfide) groups is 1. The number of benzene rings is 1. The highest BCUT2D eigenvalue weighted by atomic mass is 35.5. The molecule has 2 rings (SSSR count). The summed E-state index contributed by atoms with van der Waals surface area (Å²) < 4.78 is 0. The number of nitrogens with zero attached hydrogens (tertiary/aromatic N) is 1. The Morgan fingerprint density at radius 1 is 1.32 bits per heavy atom. The van der Waals surface area contributed by atoms with Crippen molar-refractivity contribution >= 4 is 29.3 Å². The molecule has 0 spiro atoms. The van der Waals surface area contributed by atoms with Gasteiger partial charge in [-0.2, -0.15) is 0 Å². The van der Waals surface area contributed by atoms with E-state index >= 15 is 0 Å². The molecule has 1 fully saturated rings. The van der Waals surface area contributed by atoms with E-state index in [0.29, 0.717) is 6.04 Å². The van der Waals surface area contributed by atoms with Crippen molar-refractivity contribution in [3.05, 3.63) is 29.3 Å². The third kappa shape index (κ3) is 3.90. The number of carbonyl (C=O) groups excluding carboxylic acids is 1. The minimum atomic E-state index is -0.0493. The van der Waals surface area contributed by atoms with Gasteiger partial charge in [0.2, 0.25) is 5.91 Å². The fraction of sp³-hybridized carbons (Fsp3) is 0.533. The number of amides is 1. The van der Waals surface area contributed by atoms with Gasteiger partial charge in [0.05, 0.1) is 5.25 Å². The highest BCUT2D eigenvalue weighted by Crippen LogP contribution is 2.28. The van der Waals surface area contributed by atoms with Gasteiger partial charge >= 0.3 is 0 Å². The smallest absolute Gasteiger partial charge is 0.235 e. The molecular formula is C15H20ClNOS. The molecule has 1 unspecified atom stereocenters. The molecule has 1 atom stereocenters. The zero-order valence-electron chi connectivity index (χ0n) is 11.4. The van der Waals surface area contributed by atoms with Gasteiger partial charge in [-0.05, 0) is 44.0 Å². The molecule has 1 amide bonds. The van der Waals surface area contributed by atoms with Crippen LogP contribution in [0.2, 0.25) is 5.02 Å². The van der Waals surface area contributed by atoms with Crippen molar-refractivity contribution in [3.8, 4) is 0 Å². The van der Waals surface area contributed by atoms with Crippen LogP contribution in [-0.2, 0) is 4.79 Å². The van der Waals surface area contributed by atoms with Gasteiger partial charge in [-0.25, -0.2) is 0 Å². The number of carbonyl (C=O) groups is 1. The molecule has 1 aromatic carbocycles. The van der Waals surface area contributed by atoms with E-state index in [2.05, 4.69) is 0 Å². The van der Waals surface area contributed by atoms with Crippen molar-refractivity contribution in [3.63, 3.8) is 0 Å². The molecule has 2 nitrogen and oxygen atoms in total. The van der Waals surface area contributed by atoms with E-state index in [9.17, 15) is 4.79 Å². The van der Waals surface area contributed by atoms with Crippen LogP contribution in [-0.4, -0.2) is 29.1 Å². The lowest BCUT2D eigenvalue weighted by molar-refractivity contribution is -0.130. The molecule has 1 aliphatic rings. The second kappa shape index (κ2) is 6.67. The molecule has 1 aromatic rings. The van der Waals surface area contributed by atoms with Crippen LogP contribution in [0, 0.1) is 0 Å².